The second-order valence-corrected chi connectivity index (χ2v) is 2.93. The van der Waals surface area contributed by atoms with Gasteiger partial charge in [0.25, 0.3) is 6.43 Å². The molecule has 1 aromatic carbocycles. The molecule has 0 saturated carbocycles. The Kier molecular flexibility index (Phi) is 3.34. The first kappa shape index (κ1) is 11.6. The third kappa shape index (κ3) is 2.29. The molecule has 0 aromatic heterocycles. The Balaban J connectivity index is 3.42. The van der Waals surface area contributed by atoms with Crippen molar-refractivity contribution in [2.45, 2.75) is 13.3 Å². The molecule has 0 N–H and O–H groups in total. The first-order valence-corrected chi connectivity index (χ1v) is 4.14. The quantitative estimate of drug-likeness (QED) is 0.729. The maximum atomic E-state index is 13.2. The largest absolute Gasteiger partial charge is 0.497 e. The molecular weight excluding hydrogens is 209 g/mol. The van der Waals surface area contributed by atoms with Gasteiger partial charge in [-0.15, -0.1) is 0 Å². The predicted molar refractivity (Wildman–Crippen MR) is 47.9 cm³/mol. The van der Waals surface area contributed by atoms with E-state index in [0.29, 0.717) is 0 Å². The molecule has 5 heteroatoms. The molecule has 0 fully saturated rings. The number of alkyl halides is 2. The lowest BCUT2D eigenvalue weighted by atomic mass is 10.0. The molecule has 0 bridgehead atoms. The number of carbonyl (C=O) groups excluding carboxylic acids is 1. The Bertz CT molecular complexity index is 388. The van der Waals surface area contributed by atoms with Gasteiger partial charge in [0.15, 0.2) is 5.78 Å². The third-order valence-electron chi connectivity index (χ3n) is 1.94. The summed E-state index contributed by atoms with van der Waals surface area (Å²) >= 11 is 0. The molecule has 82 valence electrons. The number of carbonyl (C=O) groups is 1. The zero-order valence-electron chi connectivity index (χ0n) is 8.18. The van der Waals surface area contributed by atoms with Crippen LogP contribution in [0.2, 0.25) is 0 Å². The SMILES string of the molecule is COc1cc(F)c(C(F)F)c(C(C)=O)c1. The molecular formula is C10H9F3O2. The summed E-state index contributed by atoms with van der Waals surface area (Å²) < 4.78 is 42.8. The highest BCUT2D eigenvalue weighted by atomic mass is 19.3. The maximum Gasteiger partial charge on any atom is 0.267 e. The Morgan fingerprint density at radius 2 is 2.00 bits per heavy atom. The standard InChI is InChI=1S/C10H9F3O2/c1-5(14)7-3-6(15-2)4-8(11)9(7)10(12)13/h3-4,10H,1-2H3. The van der Waals surface area contributed by atoms with Crippen molar-refractivity contribution < 1.29 is 22.7 Å². The number of ketones is 1. The molecule has 1 rings (SSSR count). The highest BCUT2D eigenvalue weighted by Crippen LogP contribution is 2.29. The average molecular weight is 218 g/mol. The van der Waals surface area contributed by atoms with Crippen LogP contribution in [0.3, 0.4) is 0 Å². The van der Waals surface area contributed by atoms with Gasteiger partial charge in [-0.3, -0.25) is 4.79 Å². The lowest BCUT2D eigenvalue weighted by Crippen LogP contribution is -2.04. The van der Waals surface area contributed by atoms with Crippen molar-refractivity contribution in [3.05, 3.63) is 29.1 Å². The van der Waals surface area contributed by atoms with E-state index < -0.39 is 23.6 Å². The fourth-order valence-electron chi connectivity index (χ4n) is 1.22. The van der Waals surface area contributed by atoms with E-state index in [1.165, 1.54) is 7.11 Å². The highest BCUT2D eigenvalue weighted by Gasteiger charge is 2.22. The summed E-state index contributed by atoms with van der Waals surface area (Å²) in [6.45, 7) is 1.10. The van der Waals surface area contributed by atoms with Crippen molar-refractivity contribution in [3.8, 4) is 5.75 Å². The lowest BCUT2D eigenvalue weighted by Gasteiger charge is -2.09. The molecule has 0 spiro atoms. The first-order chi connectivity index (χ1) is 6.97. The van der Waals surface area contributed by atoms with Crippen LogP contribution in [0.4, 0.5) is 13.2 Å². The maximum absolute atomic E-state index is 13.2. The minimum Gasteiger partial charge on any atom is -0.497 e. The molecule has 0 unspecified atom stereocenters. The van der Waals surface area contributed by atoms with Crippen LogP contribution >= 0.6 is 0 Å². The molecule has 0 atom stereocenters. The van der Waals surface area contributed by atoms with Crippen LogP contribution < -0.4 is 4.74 Å². The van der Waals surface area contributed by atoms with Gasteiger partial charge < -0.3 is 4.74 Å². The number of ether oxygens (including phenoxy) is 1. The fourth-order valence-corrected chi connectivity index (χ4v) is 1.22. The number of halogens is 3. The molecule has 15 heavy (non-hydrogen) atoms. The van der Waals surface area contributed by atoms with Crippen molar-refractivity contribution >= 4 is 5.78 Å². The summed E-state index contributed by atoms with van der Waals surface area (Å²) in [5.41, 5.74) is -1.22. The number of hydrogen-bond donors (Lipinski definition) is 0. The molecule has 0 amide bonds. The molecule has 0 saturated heterocycles. The number of benzene rings is 1. The topological polar surface area (TPSA) is 26.3 Å². The second kappa shape index (κ2) is 4.33. The van der Waals surface area contributed by atoms with E-state index in [9.17, 15) is 18.0 Å². The Hall–Kier alpha value is -1.52. The van der Waals surface area contributed by atoms with Gasteiger partial charge in [0.2, 0.25) is 0 Å². The van der Waals surface area contributed by atoms with Crippen LogP contribution in [0.1, 0.15) is 29.3 Å². The van der Waals surface area contributed by atoms with Crippen molar-refractivity contribution in [1.82, 2.24) is 0 Å². The Morgan fingerprint density at radius 1 is 1.40 bits per heavy atom. The van der Waals surface area contributed by atoms with Gasteiger partial charge in [0.05, 0.1) is 12.7 Å². The monoisotopic (exact) mass is 218 g/mol. The average Bonchev–Trinajstić information content (AvgIpc) is 2.15. The zero-order chi connectivity index (χ0) is 11.6. The van der Waals surface area contributed by atoms with Crippen LogP contribution in [-0.4, -0.2) is 12.9 Å². The highest BCUT2D eigenvalue weighted by molar-refractivity contribution is 5.96. The fraction of sp³-hybridized carbons (Fsp3) is 0.300. The normalized spacial score (nSPS) is 10.5. The summed E-state index contributed by atoms with van der Waals surface area (Å²) in [4.78, 5) is 11.0. The molecule has 0 aliphatic carbocycles. The molecule has 0 radical (unpaired) electrons. The summed E-state index contributed by atoms with van der Waals surface area (Å²) in [6.07, 6.45) is -3.02. The van der Waals surface area contributed by atoms with Gasteiger partial charge in [-0.1, -0.05) is 0 Å². The van der Waals surface area contributed by atoms with Gasteiger partial charge in [0.1, 0.15) is 11.6 Å². The van der Waals surface area contributed by atoms with Gasteiger partial charge in [-0.05, 0) is 13.0 Å². The molecule has 0 heterocycles. The summed E-state index contributed by atoms with van der Waals surface area (Å²) in [5, 5.41) is 0. The van der Waals surface area contributed by atoms with Gasteiger partial charge in [0, 0.05) is 11.6 Å². The number of rotatable bonds is 3. The van der Waals surface area contributed by atoms with E-state index in [1.807, 2.05) is 0 Å². The van der Waals surface area contributed by atoms with Crippen LogP contribution in [0.15, 0.2) is 12.1 Å². The zero-order valence-corrected chi connectivity index (χ0v) is 8.18. The van der Waals surface area contributed by atoms with Crippen molar-refractivity contribution in [2.75, 3.05) is 7.11 Å². The van der Waals surface area contributed by atoms with Crippen LogP contribution in [-0.2, 0) is 0 Å². The van der Waals surface area contributed by atoms with Crippen molar-refractivity contribution in [2.24, 2.45) is 0 Å². The van der Waals surface area contributed by atoms with Crippen molar-refractivity contribution in [1.29, 1.82) is 0 Å². The van der Waals surface area contributed by atoms with Gasteiger partial charge in [-0.25, -0.2) is 13.2 Å². The van der Waals surface area contributed by atoms with Crippen LogP contribution in [0, 0.1) is 5.82 Å². The van der Waals surface area contributed by atoms with E-state index >= 15 is 0 Å². The predicted octanol–water partition coefficient (Wildman–Crippen LogP) is 2.97. The van der Waals surface area contributed by atoms with E-state index in [2.05, 4.69) is 4.74 Å². The molecule has 2 nitrogen and oxygen atoms in total. The summed E-state index contributed by atoms with van der Waals surface area (Å²) in [7, 11) is 1.26. The minimum atomic E-state index is -3.02. The first-order valence-electron chi connectivity index (χ1n) is 4.14. The van der Waals surface area contributed by atoms with Crippen LogP contribution in [0.25, 0.3) is 0 Å². The summed E-state index contributed by atoms with van der Waals surface area (Å²) in [5.74, 6) is -1.71. The van der Waals surface area contributed by atoms with Crippen molar-refractivity contribution in [3.63, 3.8) is 0 Å². The lowest BCUT2D eigenvalue weighted by molar-refractivity contribution is 0.0995. The van der Waals surface area contributed by atoms with Gasteiger partial charge in [-0.2, -0.15) is 0 Å². The van der Waals surface area contributed by atoms with E-state index in [1.54, 1.807) is 0 Å². The molecule has 0 aliphatic rings. The Labute approximate surface area is 84.7 Å². The van der Waals surface area contributed by atoms with Crippen LogP contribution in [0.5, 0.6) is 5.75 Å². The Morgan fingerprint density at radius 3 is 2.40 bits per heavy atom. The second-order valence-electron chi connectivity index (χ2n) is 2.93. The van der Waals surface area contributed by atoms with Gasteiger partial charge >= 0.3 is 0 Å². The number of methoxy groups -OCH3 is 1. The van der Waals surface area contributed by atoms with E-state index in [4.69, 9.17) is 0 Å². The van der Waals surface area contributed by atoms with E-state index in [0.717, 1.165) is 19.1 Å². The van der Waals surface area contributed by atoms with E-state index in [-0.39, 0.29) is 11.3 Å². The number of hydrogen-bond acceptors (Lipinski definition) is 2. The smallest absolute Gasteiger partial charge is 0.267 e. The third-order valence-corrected chi connectivity index (χ3v) is 1.94. The summed E-state index contributed by atoms with van der Waals surface area (Å²) in [6, 6.07) is 1.93. The molecule has 1 aromatic rings. The molecule has 0 aliphatic heterocycles. The number of Topliss-reactive ketones (excluding diaryl/α,β-unsaturated/α-hetero) is 1. The minimum absolute atomic E-state index is 0.0436.